The molecule has 3 heteroatoms. The summed E-state index contributed by atoms with van der Waals surface area (Å²) in [7, 11) is 0. The van der Waals surface area contributed by atoms with E-state index in [0.29, 0.717) is 6.42 Å². The Labute approximate surface area is 84.2 Å². The van der Waals surface area contributed by atoms with Crippen LogP contribution >= 0.6 is 0 Å². The summed E-state index contributed by atoms with van der Waals surface area (Å²) in [5.74, 6) is 0.251. The SMILES string of the molecule is CCc1c(O)cccc1[C@H](N)[C@@H](C)O. The highest BCUT2D eigenvalue weighted by atomic mass is 16.3. The van der Waals surface area contributed by atoms with Gasteiger partial charge in [-0.05, 0) is 30.5 Å². The molecule has 0 radical (unpaired) electrons. The fourth-order valence-corrected chi connectivity index (χ4v) is 1.55. The summed E-state index contributed by atoms with van der Waals surface area (Å²) in [5.41, 5.74) is 7.46. The van der Waals surface area contributed by atoms with Crippen LogP contribution in [0, 0.1) is 0 Å². The molecule has 0 spiro atoms. The Morgan fingerprint density at radius 2 is 2.07 bits per heavy atom. The third-order valence-electron chi connectivity index (χ3n) is 2.42. The summed E-state index contributed by atoms with van der Waals surface area (Å²) < 4.78 is 0. The van der Waals surface area contributed by atoms with Crippen LogP contribution in [-0.2, 0) is 6.42 Å². The van der Waals surface area contributed by atoms with Gasteiger partial charge in [0.05, 0.1) is 12.1 Å². The fourth-order valence-electron chi connectivity index (χ4n) is 1.55. The van der Waals surface area contributed by atoms with E-state index < -0.39 is 12.1 Å². The normalized spacial score (nSPS) is 15.1. The lowest BCUT2D eigenvalue weighted by molar-refractivity contribution is 0.164. The van der Waals surface area contributed by atoms with Crippen LogP contribution in [0.4, 0.5) is 0 Å². The van der Waals surface area contributed by atoms with Crippen molar-refractivity contribution in [2.24, 2.45) is 5.73 Å². The Morgan fingerprint density at radius 1 is 1.43 bits per heavy atom. The molecule has 1 aromatic carbocycles. The fraction of sp³-hybridized carbons (Fsp3) is 0.455. The Bertz CT molecular complexity index is 310. The van der Waals surface area contributed by atoms with Gasteiger partial charge in [0, 0.05) is 0 Å². The first-order valence-electron chi connectivity index (χ1n) is 4.82. The zero-order valence-corrected chi connectivity index (χ0v) is 8.57. The van der Waals surface area contributed by atoms with Crippen molar-refractivity contribution in [2.75, 3.05) is 0 Å². The van der Waals surface area contributed by atoms with E-state index in [-0.39, 0.29) is 5.75 Å². The second kappa shape index (κ2) is 4.44. The van der Waals surface area contributed by atoms with Gasteiger partial charge in [-0.25, -0.2) is 0 Å². The molecule has 0 fully saturated rings. The number of nitrogens with two attached hydrogens (primary N) is 1. The summed E-state index contributed by atoms with van der Waals surface area (Å²) in [6.07, 6.45) is 0.102. The molecule has 0 amide bonds. The number of rotatable bonds is 3. The monoisotopic (exact) mass is 195 g/mol. The largest absolute Gasteiger partial charge is 0.508 e. The van der Waals surface area contributed by atoms with Crippen molar-refractivity contribution in [3.63, 3.8) is 0 Å². The van der Waals surface area contributed by atoms with Gasteiger partial charge in [-0.1, -0.05) is 19.1 Å². The third-order valence-corrected chi connectivity index (χ3v) is 2.42. The number of phenolic OH excluding ortho intramolecular Hbond substituents is 1. The Kier molecular flexibility index (Phi) is 3.49. The molecule has 14 heavy (non-hydrogen) atoms. The average Bonchev–Trinajstić information content (AvgIpc) is 2.16. The van der Waals surface area contributed by atoms with Crippen LogP contribution in [-0.4, -0.2) is 16.3 Å². The van der Waals surface area contributed by atoms with Crippen LogP contribution in [0.1, 0.15) is 31.0 Å². The van der Waals surface area contributed by atoms with Gasteiger partial charge in [-0.2, -0.15) is 0 Å². The van der Waals surface area contributed by atoms with E-state index >= 15 is 0 Å². The molecule has 0 aromatic heterocycles. The molecule has 2 atom stereocenters. The molecule has 0 saturated heterocycles. The number of hydrogen-bond donors (Lipinski definition) is 3. The van der Waals surface area contributed by atoms with Crippen LogP contribution in [0.15, 0.2) is 18.2 Å². The van der Waals surface area contributed by atoms with Crippen LogP contribution < -0.4 is 5.73 Å². The molecular formula is C11H17NO2. The zero-order chi connectivity index (χ0) is 10.7. The number of hydrogen-bond acceptors (Lipinski definition) is 3. The highest BCUT2D eigenvalue weighted by Crippen LogP contribution is 2.26. The van der Waals surface area contributed by atoms with E-state index in [0.717, 1.165) is 11.1 Å². The van der Waals surface area contributed by atoms with Gasteiger partial charge < -0.3 is 15.9 Å². The Balaban J connectivity index is 3.13. The minimum absolute atomic E-state index is 0.251. The van der Waals surface area contributed by atoms with Gasteiger partial charge in [0.2, 0.25) is 0 Å². The molecule has 0 bridgehead atoms. The summed E-state index contributed by atoms with van der Waals surface area (Å²) in [6.45, 7) is 3.60. The lowest BCUT2D eigenvalue weighted by atomic mass is 9.95. The lowest BCUT2D eigenvalue weighted by Gasteiger charge is -2.19. The summed E-state index contributed by atoms with van der Waals surface area (Å²) in [6, 6.07) is 4.79. The number of aliphatic hydroxyl groups excluding tert-OH is 1. The molecule has 0 saturated carbocycles. The predicted molar refractivity (Wildman–Crippen MR) is 56.1 cm³/mol. The van der Waals surface area contributed by atoms with Gasteiger partial charge in [0.15, 0.2) is 0 Å². The quantitative estimate of drug-likeness (QED) is 0.681. The van der Waals surface area contributed by atoms with Crippen molar-refractivity contribution < 1.29 is 10.2 Å². The van der Waals surface area contributed by atoms with E-state index in [1.165, 1.54) is 0 Å². The van der Waals surface area contributed by atoms with E-state index in [1.54, 1.807) is 19.1 Å². The highest BCUT2D eigenvalue weighted by molar-refractivity contribution is 5.41. The second-order valence-corrected chi connectivity index (χ2v) is 3.46. The number of aliphatic hydroxyl groups is 1. The van der Waals surface area contributed by atoms with Crippen molar-refractivity contribution in [2.45, 2.75) is 32.4 Å². The topological polar surface area (TPSA) is 66.5 Å². The standard InChI is InChI=1S/C11H17NO2/c1-3-8-9(11(12)7(2)13)5-4-6-10(8)14/h4-7,11,13-14H,3,12H2,1-2H3/t7-,11-/m1/s1. The molecule has 4 N–H and O–H groups in total. The van der Waals surface area contributed by atoms with Gasteiger partial charge in [0.1, 0.15) is 5.75 Å². The van der Waals surface area contributed by atoms with Gasteiger partial charge >= 0.3 is 0 Å². The molecule has 0 aliphatic heterocycles. The summed E-state index contributed by atoms with van der Waals surface area (Å²) in [5, 5.41) is 19.0. The Morgan fingerprint density at radius 3 is 2.57 bits per heavy atom. The van der Waals surface area contributed by atoms with Crippen molar-refractivity contribution in [1.29, 1.82) is 0 Å². The van der Waals surface area contributed by atoms with Crippen molar-refractivity contribution in [1.82, 2.24) is 0 Å². The summed E-state index contributed by atoms with van der Waals surface area (Å²) >= 11 is 0. The number of phenols is 1. The third kappa shape index (κ3) is 2.05. The van der Waals surface area contributed by atoms with E-state index in [1.807, 2.05) is 13.0 Å². The zero-order valence-electron chi connectivity index (χ0n) is 8.57. The highest BCUT2D eigenvalue weighted by Gasteiger charge is 2.16. The minimum atomic E-state index is -0.609. The molecule has 3 nitrogen and oxygen atoms in total. The van der Waals surface area contributed by atoms with Gasteiger partial charge in [0.25, 0.3) is 0 Å². The van der Waals surface area contributed by atoms with E-state index in [4.69, 9.17) is 5.73 Å². The molecule has 0 aliphatic carbocycles. The number of benzene rings is 1. The molecule has 0 unspecified atom stereocenters. The predicted octanol–water partition coefficient (Wildman–Crippen LogP) is 1.34. The smallest absolute Gasteiger partial charge is 0.119 e. The van der Waals surface area contributed by atoms with Gasteiger partial charge in [-0.3, -0.25) is 0 Å². The van der Waals surface area contributed by atoms with Crippen molar-refractivity contribution in [3.8, 4) is 5.75 Å². The molecule has 1 rings (SSSR count). The first-order valence-corrected chi connectivity index (χ1v) is 4.82. The molecular weight excluding hydrogens is 178 g/mol. The maximum atomic E-state index is 9.58. The summed E-state index contributed by atoms with van der Waals surface area (Å²) in [4.78, 5) is 0. The van der Waals surface area contributed by atoms with Crippen LogP contribution in [0.25, 0.3) is 0 Å². The second-order valence-electron chi connectivity index (χ2n) is 3.46. The first-order chi connectivity index (χ1) is 6.57. The maximum absolute atomic E-state index is 9.58. The van der Waals surface area contributed by atoms with Gasteiger partial charge in [-0.15, -0.1) is 0 Å². The van der Waals surface area contributed by atoms with Crippen LogP contribution in [0.3, 0.4) is 0 Å². The van der Waals surface area contributed by atoms with Crippen LogP contribution in [0.2, 0.25) is 0 Å². The first kappa shape index (κ1) is 11.0. The van der Waals surface area contributed by atoms with E-state index in [2.05, 4.69) is 0 Å². The minimum Gasteiger partial charge on any atom is -0.508 e. The van der Waals surface area contributed by atoms with Crippen LogP contribution in [0.5, 0.6) is 5.75 Å². The lowest BCUT2D eigenvalue weighted by Crippen LogP contribution is -2.24. The van der Waals surface area contributed by atoms with E-state index in [9.17, 15) is 10.2 Å². The van der Waals surface area contributed by atoms with Crippen molar-refractivity contribution >= 4 is 0 Å². The molecule has 0 aliphatic rings. The number of aromatic hydroxyl groups is 1. The molecule has 0 heterocycles. The average molecular weight is 195 g/mol. The Hall–Kier alpha value is -1.06. The maximum Gasteiger partial charge on any atom is 0.119 e. The van der Waals surface area contributed by atoms with Crippen molar-refractivity contribution in [3.05, 3.63) is 29.3 Å². The molecule has 1 aromatic rings. The molecule has 78 valence electrons.